The Morgan fingerprint density at radius 2 is 2.00 bits per heavy atom. The Bertz CT molecular complexity index is 475. The van der Waals surface area contributed by atoms with Crippen LogP contribution < -0.4 is 4.90 Å². The summed E-state index contributed by atoms with van der Waals surface area (Å²) in [6.45, 7) is 4.79. The highest BCUT2D eigenvalue weighted by Gasteiger charge is 2.30. The van der Waals surface area contributed by atoms with Crippen molar-refractivity contribution in [3.8, 4) is 0 Å². The molecule has 0 radical (unpaired) electrons. The lowest BCUT2D eigenvalue weighted by Crippen LogP contribution is -2.45. The maximum absolute atomic E-state index is 11.4. The number of ether oxygens (including phenoxy) is 1. The molecule has 6 heteroatoms. The van der Waals surface area contributed by atoms with E-state index >= 15 is 0 Å². The summed E-state index contributed by atoms with van der Waals surface area (Å²) in [4.78, 5) is 23.5. The minimum Gasteiger partial charge on any atom is -0.465 e. The smallest absolute Gasteiger partial charge is 0.414 e. The maximum atomic E-state index is 11.4. The fourth-order valence-corrected chi connectivity index (χ4v) is 1.83. The number of hydrogen-bond acceptors (Lipinski definition) is 3. The van der Waals surface area contributed by atoms with E-state index in [1.807, 2.05) is 0 Å². The van der Waals surface area contributed by atoms with Crippen LogP contribution >= 0.6 is 11.6 Å². The van der Waals surface area contributed by atoms with Gasteiger partial charge in [0.15, 0.2) is 6.23 Å². The van der Waals surface area contributed by atoms with Crippen molar-refractivity contribution in [1.29, 1.82) is 0 Å². The van der Waals surface area contributed by atoms with E-state index in [1.54, 1.807) is 32.0 Å². The van der Waals surface area contributed by atoms with Gasteiger partial charge in [-0.25, -0.2) is 9.69 Å². The molecule has 104 valence electrons. The first-order valence-electron chi connectivity index (χ1n) is 5.78. The van der Waals surface area contributed by atoms with E-state index in [-0.39, 0.29) is 5.92 Å². The average molecular weight is 286 g/mol. The van der Waals surface area contributed by atoms with Crippen LogP contribution in [-0.2, 0) is 9.53 Å². The standard InChI is InChI=1S/C13H16ClNO4/c1-8(2)12(19-9(3)16)15(13(17)18)11-6-4-5-10(14)7-11/h4-8,12H,1-3H3,(H,17,18). The van der Waals surface area contributed by atoms with Crippen molar-refractivity contribution >= 4 is 29.4 Å². The molecule has 1 amide bonds. The minimum atomic E-state index is -1.21. The number of halogens is 1. The largest absolute Gasteiger partial charge is 0.465 e. The van der Waals surface area contributed by atoms with Crippen LogP contribution in [0.15, 0.2) is 24.3 Å². The summed E-state index contributed by atoms with van der Waals surface area (Å²) in [5.41, 5.74) is 0.361. The van der Waals surface area contributed by atoms with Gasteiger partial charge in [-0.1, -0.05) is 31.5 Å². The molecule has 1 aromatic rings. The molecule has 0 aromatic heterocycles. The number of anilines is 1. The predicted octanol–water partition coefficient (Wildman–Crippen LogP) is 3.37. The van der Waals surface area contributed by atoms with E-state index in [2.05, 4.69) is 0 Å². The Morgan fingerprint density at radius 1 is 1.37 bits per heavy atom. The zero-order valence-corrected chi connectivity index (χ0v) is 11.7. The van der Waals surface area contributed by atoms with Crippen molar-refractivity contribution in [1.82, 2.24) is 0 Å². The van der Waals surface area contributed by atoms with Crippen molar-refractivity contribution < 1.29 is 19.4 Å². The van der Waals surface area contributed by atoms with E-state index in [0.29, 0.717) is 10.7 Å². The molecule has 0 saturated carbocycles. The van der Waals surface area contributed by atoms with Crippen molar-refractivity contribution in [3.63, 3.8) is 0 Å². The summed E-state index contributed by atoms with van der Waals surface area (Å²) >= 11 is 5.86. The lowest BCUT2D eigenvalue weighted by atomic mass is 10.1. The van der Waals surface area contributed by atoms with Gasteiger partial charge in [0.1, 0.15) is 0 Å². The summed E-state index contributed by atoms with van der Waals surface area (Å²) in [5, 5.41) is 9.75. The first-order valence-corrected chi connectivity index (χ1v) is 6.15. The van der Waals surface area contributed by atoms with Gasteiger partial charge in [-0.2, -0.15) is 0 Å². The van der Waals surface area contributed by atoms with Crippen LogP contribution in [0.1, 0.15) is 20.8 Å². The van der Waals surface area contributed by atoms with E-state index in [9.17, 15) is 14.7 Å². The van der Waals surface area contributed by atoms with Crippen molar-refractivity contribution in [3.05, 3.63) is 29.3 Å². The number of amides is 1. The van der Waals surface area contributed by atoms with Crippen LogP contribution in [0.25, 0.3) is 0 Å². The number of benzene rings is 1. The third-order valence-corrected chi connectivity index (χ3v) is 2.64. The first-order chi connectivity index (χ1) is 8.82. The molecule has 1 aromatic carbocycles. The van der Waals surface area contributed by atoms with Crippen LogP contribution in [-0.4, -0.2) is 23.4 Å². The lowest BCUT2D eigenvalue weighted by molar-refractivity contribution is -0.148. The second-order valence-corrected chi connectivity index (χ2v) is 4.81. The second kappa shape index (κ2) is 6.43. The van der Waals surface area contributed by atoms with Gasteiger partial charge in [-0.05, 0) is 18.2 Å². The predicted molar refractivity (Wildman–Crippen MR) is 72.3 cm³/mol. The number of carboxylic acid groups (broad SMARTS) is 1. The highest BCUT2D eigenvalue weighted by Crippen LogP contribution is 2.25. The molecule has 19 heavy (non-hydrogen) atoms. The van der Waals surface area contributed by atoms with Gasteiger partial charge < -0.3 is 9.84 Å². The molecule has 0 spiro atoms. The highest BCUT2D eigenvalue weighted by molar-refractivity contribution is 6.30. The molecular weight excluding hydrogens is 270 g/mol. The third kappa shape index (κ3) is 4.13. The minimum absolute atomic E-state index is 0.195. The van der Waals surface area contributed by atoms with E-state index < -0.39 is 18.3 Å². The van der Waals surface area contributed by atoms with Gasteiger partial charge in [0, 0.05) is 17.9 Å². The lowest BCUT2D eigenvalue weighted by Gasteiger charge is -2.31. The average Bonchev–Trinajstić information content (AvgIpc) is 2.27. The molecule has 5 nitrogen and oxygen atoms in total. The number of hydrogen-bond donors (Lipinski definition) is 1. The normalized spacial score (nSPS) is 12.1. The Balaban J connectivity index is 3.17. The second-order valence-electron chi connectivity index (χ2n) is 4.38. The van der Waals surface area contributed by atoms with E-state index in [1.165, 1.54) is 13.0 Å². The summed E-state index contributed by atoms with van der Waals surface area (Å²) in [6, 6.07) is 6.38. The molecule has 0 aliphatic rings. The quantitative estimate of drug-likeness (QED) is 0.680. The molecule has 0 aliphatic carbocycles. The highest BCUT2D eigenvalue weighted by atomic mass is 35.5. The molecule has 0 bridgehead atoms. The maximum Gasteiger partial charge on any atom is 0.414 e. The summed E-state index contributed by atoms with van der Waals surface area (Å²) in [5.74, 6) is -0.731. The summed E-state index contributed by atoms with van der Waals surface area (Å²) in [7, 11) is 0. The zero-order valence-electron chi connectivity index (χ0n) is 11.0. The molecule has 1 unspecified atom stereocenters. The van der Waals surface area contributed by atoms with Crippen LogP contribution in [0, 0.1) is 5.92 Å². The number of esters is 1. The first kappa shape index (κ1) is 15.3. The van der Waals surface area contributed by atoms with Crippen LogP contribution in [0.4, 0.5) is 10.5 Å². The van der Waals surface area contributed by atoms with E-state index in [0.717, 1.165) is 4.90 Å². The van der Waals surface area contributed by atoms with Crippen LogP contribution in [0.5, 0.6) is 0 Å². The van der Waals surface area contributed by atoms with Gasteiger partial charge in [0.25, 0.3) is 0 Å². The fourth-order valence-electron chi connectivity index (χ4n) is 1.65. The van der Waals surface area contributed by atoms with Crippen LogP contribution in [0.2, 0.25) is 5.02 Å². The molecule has 1 N–H and O–H groups in total. The Hall–Kier alpha value is -1.75. The Morgan fingerprint density at radius 3 is 2.42 bits per heavy atom. The van der Waals surface area contributed by atoms with Crippen molar-refractivity contribution in [2.75, 3.05) is 4.90 Å². The molecule has 0 saturated heterocycles. The molecule has 0 aliphatic heterocycles. The topological polar surface area (TPSA) is 66.8 Å². The van der Waals surface area contributed by atoms with Crippen molar-refractivity contribution in [2.45, 2.75) is 27.0 Å². The number of carbonyl (C=O) groups excluding carboxylic acids is 1. The van der Waals surface area contributed by atoms with Gasteiger partial charge in [0.2, 0.25) is 0 Å². The van der Waals surface area contributed by atoms with Crippen LogP contribution in [0.3, 0.4) is 0 Å². The Kier molecular flexibility index (Phi) is 5.18. The Labute approximate surface area is 116 Å². The monoisotopic (exact) mass is 285 g/mol. The van der Waals surface area contributed by atoms with Gasteiger partial charge >= 0.3 is 12.1 Å². The van der Waals surface area contributed by atoms with Crippen molar-refractivity contribution in [2.24, 2.45) is 5.92 Å². The molecule has 0 fully saturated rings. The molecular formula is C13H16ClNO4. The summed E-state index contributed by atoms with van der Waals surface area (Å²) < 4.78 is 5.09. The number of carbonyl (C=O) groups is 2. The van der Waals surface area contributed by atoms with Gasteiger partial charge in [0.05, 0.1) is 5.69 Å². The van der Waals surface area contributed by atoms with Gasteiger partial charge in [-0.3, -0.25) is 4.79 Å². The summed E-state index contributed by atoms with van der Waals surface area (Å²) in [6.07, 6.45) is -2.10. The number of rotatable bonds is 4. The van der Waals surface area contributed by atoms with E-state index in [4.69, 9.17) is 16.3 Å². The number of nitrogens with zero attached hydrogens (tertiary/aromatic N) is 1. The molecule has 0 heterocycles. The SMILES string of the molecule is CC(=O)OC(C(C)C)N(C(=O)O)c1cccc(Cl)c1. The van der Waals surface area contributed by atoms with Gasteiger partial charge in [-0.15, -0.1) is 0 Å². The fraction of sp³-hybridized carbons (Fsp3) is 0.385. The third-order valence-electron chi connectivity index (χ3n) is 2.40. The molecule has 1 rings (SSSR count). The zero-order chi connectivity index (χ0) is 14.6. The molecule has 1 atom stereocenters.